The van der Waals surface area contributed by atoms with Crippen molar-refractivity contribution in [2.75, 3.05) is 18.5 Å². The van der Waals surface area contributed by atoms with Crippen molar-refractivity contribution in [3.63, 3.8) is 0 Å². The van der Waals surface area contributed by atoms with Gasteiger partial charge in [-0.3, -0.25) is 4.79 Å². The second kappa shape index (κ2) is 8.89. The maximum atomic E-state index is 11.7. The number of hydrogen-bond acceptors (Lipinski definition) is 3. The summed E-state index contributed by atoms with van der Waals surface area (Å²) >= 11 is 9.15. The van der Waals surface area contributed by atoms with Gasteiger partial charge in [-0.25, -0.2) is 4.79 Å². The van der Waals surface area contributed by atoms with Crippen molar-refractivity contribution in [3.8, 4) is 0 Å². The third-order valence-corrected chi connectivity index (χ3v) is 3.59. The van der Waals surface area contributed by atoms with Gasteiger partial charge in [-0.2, -0.15) is 0 Å². The molecule has 2 amide bonds. The lowest BCUT2D eigenvalue weighted by atomic mass is 10.2. The SMILES string of the molecule is CC(C)COC(=O)NCCC(=O)Nc1ccc(Cl)c(Br)c1. The number of carbonyl (C=O) groups is 2. The molecule has 0 aliphatic carbocycles. The zero-order chi connectivity index (χ0) is 15.8. The van der Waals surface area contributed by atoms with Crippen molar-refractivity contribution in [1.29, 1.82) is 0 Å². The number of ether oxygens (including phenoxy) is 1. The summed E-state index contributed by atoms with van der Waals surface area (Å²) < 4.78 is 5.64. The van der Waals surface area contributed by atoms with E-state index >= 15 is 0 Å². The first-order valence-electron chi connectivity index (χ1n) is 6.54. The molecule has 0 saturated heterocycles. The van der Waals surface area contributed by atoms with Gasteiger partial charge in [0, 0.05) is 23.1 Å². The number of carbonyl (C=O) groups excluding carboxylic acids is 2. The molecule has 0 unspecified atom stereocenters. The molecule has 5 nitrogen and oxygen atoms in total. The summed E-state index contributed by atoms with van der Waals surface area (Å²) in [6.45, 7) is 4.48. The summed E-state index contributed by atoms with van der Waals surface area (Å²) in [6.07, 6.45) is -0.345. The number of hydrogen-bond donors (Lipinski definition) is 2. The van der Waals surface area contributed by atoms with Crippen molar-refractivity contribution in [3.05, 3.63) is 27.7 Å². The Kier molecular flexibility index (Phi) is 7.53. The molecular weight excluding hydrogens is 360 g/mol. The second-order valence-corrected chi connectivity index (χ2v) is 6.11. The Labute approximate surface area is 137 Å². The summed E-state index contributed by atoms with van der Waals surface area (Å²) in [5.41, 5.74) is 0.638. The molecule has 0 fully saturated rings. The minimum Gasteiger partial charge on any atom is -0.449 e. The van der Waals surface area contributed by atoms with Gasteiger partial charge in [0.15, 0.2) is 0 Å². The van der Waals surface area contributed by atoms with Gasteiger partial charge in [-0.05, 0) is 40.0 Å². The fourth-order valence-corrected chi connectivity index (χ4v) is 1.87. The van der Waals surface area contributed by atoms with Crippen LogP contribution in [0.1, 0.15) is 20.3 Å². The number of amides is 2. The monoisotopic (exact) mass is 376 g/mol. The maximum Gasteiger partial charge on any atom is 0.407 e. The van der Waals surface area contributed by atoms with Crippen molar-refractivity contribution >= 4 is 45.2 Å². The molecule has 0 bridgehead atoms. The minimum absolute atomic E-state index is 0.164. The fourth-order valence-electron chi connectivity index (χ4n) is 1.37. The molecule has 7 heteroatoms. The molecule has 0 heterocycles. The average molecular weight is 378 g/mol. The molecule has 1 rings (SSSR count). The fraction of sp³-hybridized carbons (Fsp3) is 0.429. The van der Waals surface area contributed by atoms with E-state index in [9.17, 15) is 9.59 Å². The van der Waals surface area contributed by atoms with Crippen LogP contribution in [0.25, 0.3) is 0 Å². The van der Waals surface area contributed by atoms with E-state index in [1.165, 1.54) is 0 Å². The summed E-state index contributed by atoms with van der Waals surface area (Å²) in [5, 5.41) is 5.81. The van der Waals surface area contributed by atoms with Crippen LogP contribution in [-0.2, 0) is 9.53 Å². The van der Waals surface area contributed by atoms with E-state index in [2.05, 4.69) is 26.6 Å². The third kappa shape index (κ3) is 7.34. The zero-order valence-electron chi connectivity index (χ0n) is 11.9. The molecule has 2 N–H and O–H groups in total. The first kappa shape index (κ1) is 17.8. The van der Waals surface area contributed by atoms with Gasteiger partial charge < -0.3 is 15.4 Å². The van der Waals surface area contributed by atoms with Gasteiger partial charge in [-0.15, -0.1) is 0 Å². The summed E-state index contributed by atoms with van der Waals surface area (Å²) in [6, 6.07) is 5.10. The number of benzene rings is 1. The van der Waals surface area contributed by atoms with Gasteiger partial charge in [0.05, 0.1) is 11.6 Å². The Morgan fingerprint density at radius 3 is 2.71 bits per heavy atom. The predicted molar refractivity (Wildman–Crippen MR) is 86.6 cm³/mol. The first-order valence-corrected chi connectivity index (χ1v) is 7.71. The van der Waals surface area contributed by atoms with E-state index in [0.29, 0.717) is 21.8 Å². The molecule has 21 heavy (non-hydrogen) atoms. The minimum atomic E-state index is -0.509. The maximum absolute atomic E-state index is 11.7. The Morgan fingerprint density at radius 1 is 1.38 bits per heavy atom. The van der Waals surface area contributed by atoms with Gasteiger partial charge in [0.2, 0.25) is 5.91 Å². The molecule has 0 aliphatic rings. The Morgan fingerprint density at radius 2 is 2.10 bits per heavy atom. The number of alkyl carbamates (subject to hydrolysis) is 1. The molecule has 0 saturated carbocycles. The van der Waals surface area contributed by atoms with Crippen LogP contribution in [-0.4, -0.2) is 25.2 Å². The zero-order valence-corrected chi connectivity index (χ0v) is 14.3. The molecule has 0 aliphatic heterocycles. The molecule has 0 spiro atoms. The van der Waals surface area contributed by atoms with E-state index in [-0.39, 0.29) is 24.8 Å². The van der Waals surface area contributed by atoms with E-state index in [0.717, 1.165) is 0 Å². The second-order valence-electron chi connectivity index (χ2n) is 4.85. The lowest BCUT2D eigenvalue weighted by molar-refractivity contribution is -0.116. The Hall–Kier alpha value is -1.27. The molecule has 1 aromatic carbocycles. The van der Waals surface area contributed by atoms with Crippen molar-refractivity contribution < 1.29 is 14.3 Å². The van der Waals surface area contributed by atoms with Crippen LogP contribution in [0, 0.1) is 5.92 Å². The highest BCUT2D eigenvalue weighted by atomic mass is 79.9. The third-order valence-electron chi connectivity index (χ3n) is 2.37. The molecule has 116 valence electrons. The summed E-state index contributed by atoms with van der Waals surface area (Å²) in [7, 11) is 0. The standard InChI is InChI=1S/C14H18BrClN2O3/c1-9(2)8-21-14(20)17-6-5-13(19)18-10-3-4-12(16)11(15)7-10/h3-4,7,9H,5-6,8H2,1-2H3,(H,17,20)(H,18,19). The number of rotatable bonds is 6. The normalized spacial score (nSPS) is 10.3. The van der Waals surface area contributed by atoms with Crippen LogP contribution in [0.3, 0.4) is 0 Å². The van der Waals surface area contributed by atoms with Crippen LogP contribution >= 0.6 is 27.5 Å². The van der Waals surface area contributed by atoms with Crippen molar-refractivity contribution in [1.82, 2.24) is 5.32 Å². The van der Waals surface area contributed by atoms with Crippen molar-refractivity contribution in [2.45, 2.75) is 20.3 Å². The Bertz CT molecular complexity index is 509. The highest BCUT2D eigenvalue weighted by Crippen LogP contribution is 2.25. The molecule has 0 atom stereocenters. The van der Waals surface area contributed by atoms with Crippen LogP contribution in [0.4, 0.5) is 10.5 Å². The number of nitrogens with one attached hydrogen (secondary N) is 2. The molecular formula is C14H18BrClN2O3. The van der Waals surface area contributed by atoms with Gasteiger partial charge >= 0.3 is 6.09 Å². The topological polar surface area (TPSA) is 67.4 Å². The largest absolute Gasteiger partial charge is 0.449 e. The summed E-state index contributed by atoms with van der Waals surface area (Å²) in [5.74, 6) is 0.0794. The quantitative estimate of drug-likeness (QED) is 0.792. The molecule has 0 aromatic heterocycles. The lowest BCUT2D eigenvalue weighted by Gasteiger charge is -2.09. The van der Waals surface area contributed by atoms with Crippen molar-refractivity contribution in [2.24, 2.45) is 5.92 Å². The smallest absolute Gasteiger partial charge is 0.407 e. The van der Waals surface area contributed by atoms with Crippen LogP contribution < -0.4 is 10.6 Å². The number of anilines is 1. The van der Waals surface area contributed by atoms with E-state index in [1.807, 2.05) is 13.8 Å². The Balaban J connectivity index is 2.28. The van der Waals surface area contributed by atoms with Gasteiger partial charge in [-0.1, -0.05) is 25.4 Å². The highest BCUT2D eigenvalue weighted by molar-refractivity contribution is 9.10. The molecule has 0 radical (unpaired) electrons. The first-order chi connectivity index (χ1) is 9.88. The van der Waals surface area contributed by atoms with E-state index < -0.39 is 6.09 Å². The lowest BCUT2D eigenvalue weighted by Crippen LogP contribution is -2.29. The number of halogens is 2. The van der Waals surface area contributed by atoms with Crippen LogP contribution in [0.2, 0.25) is 5.02 Å². The van der Waals surface area contributed by atoms with Crippen LogP contribution in [0.15, 0.2) is 22.7 Å². The van der Waals surface area contributed by atoms with Crippen LogP contribution in [0.5, 0.6) is 0 Å². The molecule has 1 aromatic rings. The highest BCUT2D eigenvalue weighted by Gasteiger charge is 2.07. The summed E-state index contributed by atoms with van der Waals surface area (Å²) in [4.78, 5) is 23.0. The van der Waals surface area contributed by atoms with Gasteiger partial charge in [0.1, 0.15) is 0 Å². The van der Waals surface area contributed by atoms with E-state index in [1.54, 1.807) is 18.2 Å². The van der Waals surface area contributed by atoms with E-state index in [4.69, 9.17) is 16.3 Å². The predicted octanol–water partition coefficient (Wildman–Crippen LogP) is 3.81. The average Bonchev–Trinajstić information content (AvgIpc) is 2.40. The van der Waals surface area contributed by atoms with Gasteiger partial charge in [0.25, 0.3) is 0 Å².